The van der Waals surface area contributed by atoms with Gasteiger partial charge in [0.25, 0.3) is 5.35 Å². The van der Waals surface area contributed by atoms with Gasteiger partial charge < -0.3 is 4.42 Å². The first-order valence-corrected chi connectivity index (χ1v) is 5.00. The molecule has 0 bridgehead atoms. The van der Waals surface area contributed by atoms with Crippen molar-refractivity contribution in [3.8, 4) is 0 Å². The number of nitrogens with zero attached hydrogens (tertiary/aromatic N) is 1. The molecule has 4 heteroatoms. The second kappa shape index (κ2) is 2.99. The highest BCUT2D eigenvalue weighted by molar-refractivity contribution is 7.98. The summed E-state index contributed by atoms with van der Waals surface area (Å²) in [5.41, 5.74) is 1.55. The molecule has 0 aliphatic heterocycles. The van der Waals surface area contributed by atoms with E-state index in [1.54, 1.807) is 11.8 Å². The average Bonchev–Trinajstić information content (AvgIpc) is 2.43. The minimum absolute atomic E-state index is 0.197. The Balaban J connectivity index is 2.66. The summed E-state index contributed by atoms with van der Waals surface area (Å²) in [4.78, 5) is 5.13. The monoisotopic (exact) mass is 199 g/mol. The van der Waals surface area contributed by atoms with Crippen LogP contribution in [0.2, 0.25) is 5.35 Å². The number of hydrogen-bond donors (Lipinski definition) is 0. The summed E-state index contributed by atoms with van der Waals surface area (Å²) in [7, 11) is 0. The van der Waals surface area contributed by atoms with Crippen LogP contribution in [0.4, 0.5) is 0 Å². The Labute approximate surface area is 78.9 Å². The summed E-state index contributed by atoms with van der Waals surface area (Å²) in [6, 6.07) is 5.82. The van der Waals surface area contributed by atoms with Gasteiger partial charge in [-0.15, -0.1) is 11.8 Å². The fourth-order valence-electron chi connectivity index (χ4n) is 1.00. The molecule has 2 aromatic rings. The van der Waals surface area contributed by atoms with Crippen LogP contribution in [-0.4, -0.2) is 11.2 Å². The normalized spacial score (nSPS) is 10.8. The predicted octanol–water partition coefficient (Wildman–Crippen LogP) is 3.20. The van der Waals surface area contributed by atoms with Crippen LogP contribution in [0, 0.1) is 0 Å². The molecule has 1 heterocycles. The minimum Gasteiger partial charge on any atom is -0.428 e. The maximum atomic E-state index is 5.59. The number of aromatic nitrogens is 1. The maximum absolute atomic E-state index is 5.59. The highest BCUT2D eigenvalue weighted by Gasteiger charge is 2.02. The SMILES string of the molecule is CSc1ccc2nc(Cl)oc2c1. The number of oxazole rings is 1. The molecule has 1 aromatic carbocycles. The first-order valence-electron chi connectivity index (χ1n) is 3.39. The van der Waals surface area contributed by atoms with Crippen molar-refractivity contribution >= 4 is 34.5 Å². The molecule has 12 heavy (non-hydrogen) atoms. The molecular formula is C8H6ClNOS. The third kappa shape index (κ3) is 1.30. The lowest BCUT2D eigenvalue weighted by Gasteiger charge is -1.92. The van der Waals surface area contributed by atoms with E-state index in [0.717, 1.165) is 16.0 Å². The molecule has 2 nitrogen and oxygen atoms in total. The van der Waals surface area contributed by atoms with E-state index < -0.39 is 0 Å². The van der Waals surface area contributed by atoms with E-state index in [4.69, 9.17) is 16.0 Å². The Hall–Kier alpha value is -0.670. The maximum Gasteiger partial charge on any atom is 0.293 e. The first kappa shape index (κ1) is 7.95. The van der Waals surface area contributed by atoms with Crippen LogP contribution in [0.3, 0.4) is 0 Å². The fraction of sp³-hybridized carbons (Fsp3) is 0.125. The van der Waals surface area contributed by atoms with Crippen LogP contribution >= 0.6 is 23.4 Å². The Morgan fingerprint density at radius 3 is 3.08 bits per heavy atom. The summed E-state index contributed by atoms with van der Waals surface area (Å²) < 4.78 is 5.15. The van der Waals surface area contributed by atoms with Crippen LogP contribution < -0.4 is 0 Å². The number of fused-ring (bicyclic) bond motifs is 1. The Kier molecular flexibility index (Phi) is 1.98. The van der Waals surface area contributed by atoms with Gasteiger partial charge in [-0.1, -0.05) is 0 Å². The molecule has 0 atom stereocenters. The highest BCUT2D eigenvalue weighted by atomic mass is 35.5. The molecule has 2 rings (SSSR count). The van der Waals surface area contributed by atoms with Crippen LogP contribution in [-0.2, 0) is 0 Å². The lowest BCUT2D eigenvalue weighted by atomic mass is 10.3. The van der Waals surface area contributed by atoms with Crippen molar-refractivity contribution in [3.05, 3.63) is 23.5 Å². The molecule has 0 spiro atoms. The van der Waals surface area contributed by atoms with Gasteiger partial charge in [0.05, 0.1) is 0 Å². The average molecular weight is 200 g/mol. The number of rotatable bonds is 1. The minimum atomic E-state index is 0.197. The zero-order valence-corrected chi connectivity index (χ0v) is 7.95. The topological polar surface area (TPSA) is 26.0 Å². The van der Waals surface area contributed by atoms with Crippen molar-refractivity contribution < 1.29 is 4.42 Å². The van der Waals surface area contributed by atoms with Gasteiger partial charge >= 0.3 is 0 Å². The predicted molar refractivity (Wildman–Crippen MR) is 50.8 cm³/mol. The van der Waals surface area contributed by atoms with E-state index in [1.807, 2.05) is 24.5 Å². The number of benzene rings is 1. The van der Waals surface area contributed by atoms with Crippen LogP contribution in [0.15, 0.2) is 27.5 Å². The summed E-state index contributed by atoms with van der Waals surface area (Å²) in [5, 5.41) is 0.197. The van der Waals surface area contributed by atoms with Gasteiger partial charge in [0.15, 0.2) is 5.58 Å². The lowest BCUT2D eigenvalue weighted by Crippen LogP contribution is -1.69. The van der Waals surface area contributed by atoms with Gasteiger partial charge in [0.1, 0.15) is 5.52 Å². The van der Waals surface area contributed by atoms with Crippen LogP contribution in [0.5, 0.6) is 0 Å². The van der Waals surface area contributed by atoms with Crippen molar-refractivity contribution in [1.82, 2.24) is 4.98 Å². The summed E-state index contributed by atoms with van der Waals surface area (Å²) in [5.74, 6) is 0. The van der Waals surface area contributed by atoms with Gasteiger partial charge in [0.2, 0.25) is 0 Å². The molecule has 0 radical (unpaired) electrons. The quantitative estimate of drug-likeness (QED) is 0.660. The molecule has 0 aliphatic carbocycles. The summed E-state index contributed by atoms with van der Waals surface area (Å²) in [6.07, 6.45) is 2.01. The third-order valence-electron chi connectivity index (χ3n) is 1.57. The van der Waals surface area contributed by atoms with Crippen molar-refractivity contribution in [2.75, 3.05) is 6.26 Å². The second-order valence-electron chi connectivity index (χ2n) is 2.30. The Morgan fingerprint density at radius 2 is 2.33 bits per heavy atom. The van der Waals surface area contributed by atoms with Crippen molar-refractivity contribution in [1.29, 1.82) is 0 Å². The highest BCUT2D eigenvalue weighted by Crippen LogP contribution is 2.23. The third-order valence-corrected chi connectivity index (χ3v) is 2.46. The van der Waals surface area contributed by atoms with E-state index in [9.17, 15) is 0 Å². The van der Waals surface area contributed by atoms with E-state index in [1.165, 1.54) is 0 Å². The van der Waals surface area contributed by atoms with E-state index >= 15 is 0 Å². The molecule has 0 aliphatic rings. The molecule has 0 unspecified atom stereocenters. The van der Waals surface area contributed by atoms with Gasteiger partial charge in [-0.25, -0.2) is 0 Å². The number of hydrogen-bond acceptors (Lipinski definition) is 3. The molecule has 0 fully saturated rings. The molecule has 0 saturated carbocycles. The van der Waals surface area contributed by atoms with Gasteiger partial charge in [-0.05, 0) is 36.1 Å². The molecular weight excluding hydrogens is 194 g/mol. The zero-order valence-electron chi connectivity index (χ0n) is 6.37. The van der Waals surface area contributed by atoms with Crippen molar-refractivity contribution in [3.63, 3.8) is 0 Å². The second-order valence-corrected chi connectivity index (χ2v) is 3.50. The molecule has 0 saturated heterocycles. The number of thioether (sulfide) groups is 1. The van der Waals surface area contributed by atoms with Crippen molar-refractivity contribution in [2.45, 2.75) is 4.90 Å². The van der Waals surface area contributed by atoms with Crippen LogP contribution in [0.1, 0.15) is 0 Å². The summed E-state index contributed by atoms with van der Waals surface area (Å²) in [6.45, 7) is 0. The molecule has 1 aromatic heterocycles. The Morgan fingerprint density at radius 1 is 1.50 bits per heavy atom. The Bertz CT molecular complexity index is 412. The van der Waals surface area contributed by atoms with Crippen molar-refractivity contribution in [2.24, 2.45) is 0 Å². The lowest BCUT2D eigenvalue weighted by molar-refractivity contribution is 0.604. The van der Waals surface area contributed by atoms with Gasteiger partial charge in [-0.3, -0.25) is 0 Å². The van der Waals surface area contributed by atoms with Crippen LogP contribution in [0.25, 0.3) is 11.1 Å². The molecule has 62 valence electrons. The van der Waals surface area contributed by atoms with E-state index in [-0.39, 0.29) is 5.35 Å². The van der Waals surface area contributed by atoms with E-state index in [0.29, 0.717) is 0 Å². The zero-order chi connectivity index (χ0) is 8.55. The van der Waals surface area contributed by atoms with Gasteiger partial charge in [0, 0.05) is 4.90 Å². The van der Waals surface area contributed by atoms with E-state index in [2.05, 4.69) is 4.98 Å². The summed E-state index contributed by atoms with van der Waals surface area (Å²) >= 11 is 7.26. The molecule has 0 amide bonds. The fourth-order valence-corrected chi connectivity index (χ4v) is 1.61. The number of halogens is 1. The molecule has 0 N–H and O–H groups in total. The first-order chi connectivity index (χ1) is 5.79. The largest absolute Gasteiger partial charge is 0.428 e. The van der Waals surface area contributed by atoms with Gasteiger partial charge in [-0.2, -0.15) is 4.98 Å². The standard InChI is InChI=1S/C8H6ClNOS/c1-12-5-2-3-6-7(4-5)11-8(9)10-6/h2-4H,1H3. The smallest absolute Gasteiger partial charge is 0.293 e.